The van der Waals surface area contributed by atoms with Crippen molar-refractivity contribution in [2.24, 2.45) is 0 Å². The number of hydrogen-bond donors (Lipinski definition) is 1. The molecule has 1 aliphatic rings. The van der Waals surface area contributed by atoms with Gasteiger partial charge in [0.05, 0.1) is 22.1 Å². The first-order valence-corrected chi connectivity index (χ1v) is 8.32. The van der Waals surface area contributed by atoms with Gasteiger partial charge in [0.25, 0.3) is 11.1 Å². The van der Waals surface area contributed by atoms with Crippen LogP contribution in [0.15, 0.2) is 41.3 Å². The largest absolute Gasteiger partial charge is 0.454 e. The quantitative estimate of drug-likeness (QED) is 0.581. The Kier molecular flexibility index (Phi) is 5.11. The van der Waals surface area contributed by atoms with Gasteiger partial charge in [0.2, 0.25) is 0 Å². The molecule has 0 atom stereocenters. The molecule has 0 spiro atoms. The summed E-state index contributed by atoms with van der Waals surface area (Å²) in [5, 5.41) is 10.2. The Hall–Kier alpha value is -3.32. The average molecular weight is 408 g/mol. The summed E-state index contributed by atoms with van der Waals surface area (Å²) in [5.74, 6) is -2.73. The van der Waals surface area contributed by atoms with Gasteiger partial charge in [-0.25, -0.2) is 4.39 Å². The fourth-order valence-corrected chi connectivity index (χ4v) is 2.97. The summed E-state index contributed by atoms with van der Waals surface area (Å²) < 4.78 is 58.9. The van der Waals surface area contributed by atoms with Gasteiger partial charge in [-0.3, -0.25) is 14.9 Å². The predicted octanol–water partition coefficient (Wildman–Crippen LogP) is 4.83. The SMILES string of the molecule is N#Cc1ccc(Oc2ccc(C=C3SC(=O)NC3=O)cc2F)c(C(F)(F)F)c1. The summed E-state index contributed by atoms with van der Waals surface area (Å²) in [6, 6.07) is 7.63. The zero-order valence-electron chi connectivity index (χ0n) is 13.6. The van der Waals surface area contributed by atoms with Crippen LogP contribution in [0, 0.1) is 17.1 Å². The van der Waals surface area contributed by atoms with Gasteiger partial charge in [0, 0.05) is 0 Å². The van der Waals surface area contributed by atoms with Gasteiger partial charge in [-0.1, -0.05) is 6.07 Å². The van der Waals surface area contributed by atoms with Crippen molar-refractivity contribution in [3.05, 3.63) is 63.8 Å². The molecule has 1 N–H and O–H groups in total. The number of thioether (sulfide) groups is 1. The van der Waals surface area contributed by atoms with Crippen molar-refractivity contribution in [1.29, 1.82) is 5.26 Å². The molecule has 1 heterocycles. The van der Waals surface area contributed by atoms with Crippen LogP contribution in [-0.2, 0) is 11.0 Å². The van der Waals surface area contributed by atoms with E-state index in [1.165, 1.54) is 12.1 Å². The number of amides is 2. The van der Waals surface area contributed by atoms with E-state index in [-0.39, 0.29) is 16.0 Å². The Balaban J connectivity index is 1.91. The van der Waals surface area contributed by atoms with E-state index >= 15 is 0 Å². The van der Waals surface area contributed by atoms with Crippen LogP contribution < -0.4 is 10.1 Å². The number of rotatable bonds is 3. The number of benzene rings is 2. The molecule has 0 unspecified atom stereocenters. The van der Waals surface area contributed by atoms with E-state index in [2.05, 4.69) is 0 Å². The van der Waals surface area contributed by atoms with Crippen LogP contribution in [0.4, 0.5) is 22.4 Å². The number of hydrogen-bond acceptors (Lipinski definition) is 5. The van der Waals surface area contributed by atoms with Crippen LogP contribution in [0.25, 0.3) is 6.08 Å². The zero-order chi connectivity index (χ0) is 20.5. The smallest absolute Gasteiger partial charge is 0.420 e. The first kappa shape index (κ1) is 19.4. The zero-order valence-corrected chi connectivity index (χ0v) is 14.5. The van der Waals surface area contributed by atoms with Crippen LogP contribution in [-0.4, -0.2) is 11.1 Å². The highest BCUT2D eigenvalue weighted by Crippen LogP contribution is 2.39. The highest BCUT2D eigenvalue weighted by atomic mass is 32.2. The number of nitrogens with one attached hydrogen (secondary N) is 1. The van der Waals surface area contributed by atoms with Crippen LogP contribution in [0.1, 0.15) is 16.7 Å². The molecule has 2 amide bonds. The Morgan fingerprint density at radius 2 is 1.82 bits per heavy atom. The summed E-state index contributed by atoms with van der Waals surface area (Å²) in [6.07, 6.45) is -3.54. The molecule has 2 aromatic rings. The molecule has 3 rings (SSSR count). The maximum atomic E-state index is 14.3. The maximum absolute atomic E-state index is 14.3. The monoisotopic (exact) mass is 408 g/mol. The molecule has 10 heteroatoms. The van der Waals surface area contributed by atoms with E-state index in [9.17, 15) is 27.2 Å². The van der Waals surface area contributed by atoms with Gasteiger partial charge in [-0.2, -0.15) is 18.4 Å². The molecule has 1 saturated heterocycles. The molecule has 1 aliphatic heterocycles. The van der Waals surface area contributed by atoms with E-state index in [1.807, 2.05) is 5.32 Å². The number of halogens is 4. The number of nitriles is 1. The first-order valence-electron chi connectivity index (χ1n) is 7.51. The Labute approximate surface area is 159 Å². The van der Waals surface area contributed by atoms with Crippen molar-refractivity contribution in [3.63, 3.8) is 0 Å². The van der Waals surface area contributed by atoms with Gasteiger partial charge >= 0.3 is 6.18 Å². The van der Waals surface area contributed by atoms with Gasteiger partial charge in [0.15, 0.2) is 11.6 Å². The van der Waals surface area contributed by atoms with Gasteiger partial charge in [-0.05, 0) is 53.7 Å². The molecule has 1 fully saturated rings. The van der Waals surface area contributed by atoms with Crippen LogP contribution >= 0.6 is 11.8 Å². The Morgan fingerprint density at radius 1 is 1.11 bits per heavy atom. The van der Waals surface area contributed by atoms with Gasteiger partial charge in [-0.15, -0.1) is 0 Å². The molecule has 28 heavy (non-hydrogen) atoms. The Morgan fingerprint density at radius 3 is 2.39 bits per heavy atom. The van der Waals surface area contributed by atoms with E-state index in [4.69, 9.17) is 10.00 Å². The topological polar surface area (TPSA) is 79.2 Å². The molecule has 5 nitrogen and oxygen atoms in total. The lowest BCUT2D eigenvalue weighted by atomic mass is 10.1. The van der Waals surface area contributed by atoms with Crippen LogP contribution in [0.3, 0.4) is 0 Å². The highest BCUT2D eigenvalue weighted by Gasteiger charge is 2.35. The summed E-state index contributed by atoms with van der Waals surface area (Å²) in [7, 11) is 0. The molecule has 0 saturated carbocycles. The molecule has 0 aliphatic carbocycles. The third-order valence-corrected chi connectivity index (χ3v) is 4.34. The number of carbonyl (C=O) groups excluding carboxylic acids is 2. The lowest BCUT2D eigenvalue weighted by molar-refractivity contribution is -0.138. The molecule has 0 radical (unpaired) electrons. The van der Waals surface area contributed by atoms with Crippen molar-refractivity contribution in [2.75, 3.05) is 0 Å². The van der Waals surface area contributed by atoms with Gasteiger partial charge < -0.3 is 4.74 Å². The maximum Gasteiger partial charge on any atom is 0.420 e. The van der Waals surface area contributed by atoms with Crippen molar-refractivity contribution < 1.29 is 31.9 Å². The van der Waals surface area contributed by atoms with Crippen molar-refractivity contribution in [3.8, 4) is 17.6 Å². The molecular formula is C18H8F4N2O3S. The number of alkyl halides is 3. The standard InChI is InChI=1S/C18H8F4N2O3S/c19-12-6-9(7-15-16(25)24-17(26)28-15)1-4-14(12)27-13-3-2-10(8-23)5-11(13)18(20,21)22/h1-7H,(H,24,25,26). The lowest BCUT2D eigenvalue weighted by Gasteiger charge is -2.14. The van der Waals surface area contributed by atoms with Crippen LogP contribution in [0.2, 0.25) is 0 Å². The minimum Gasteiger partial charge on any atom is -0.454 e. The first-order chi connectivity index (χ1) is 13.2. The van der Waals surface area contributed by atoms with Crippen molar-refractivity contribution in [1.82, 2.24) is 5.32 Å². The minimum atomic E-state index is -4.80. The number of imide groups is 1. The lowest BCUT2D eigenvalue weighted by Crippen LogP contribution is -2.17. The summed E-state index contributed by atoms with van der Waals surface area (Å²) in [4.78, 5) is 22.7. The summed E-state index contributed by atoms with van der Waals surface area (Å²) in [5.41, 5.74) is -1.22. The second kappa shape index (κ2) is 7.36. The summed E-state index contributed by atoms with van der Waals surface area (Å²) in [6.45, 7) is 0. The minimum absolute atomic E-state index is 0.0597. The number of carbonyl (C=O) groups is 2. The fraction of sp³-hybridized carbons (Fsp3) is 0.0556. The molecule has 0 bridgehead atoms. The molecule has 2 aromatic carbocycles. The second-order valence-corrected chi connectivity index (χ2v) is 6.48. The van der Waals surface area contributed by atoms with Crippen molar-refractivity contribution in [2.45, 2.75) is 6.18 Å². The van der Waals surface area contributed by atoms with E-state index in [0.29, 0.717) is 17.8 Å². The molecule has 0 aromatic heterocycles. The molecular weight excluding hydrogens is 400 g/mol. The second-order valence-electron chi connectivity index (χ2n) is 5.46. The fourth-order valence-electron chi connectivity index (χ4n) is 2.29. The van der Waals surface area contributed by atoms with E-state index < -0.39 is 40.2 Å². The third-order valence-electron chi connectivity index (χ3n) is 3.53. The normalized spacial score (nSPS) is 15.5. The van der Waals surface area contributed by atoms with Crippen molar-refractivity contribution >= 4 is 29.0 Å². The summed E-state index contributed by atoms with van der Waals surface area (Å²) >= 11 is 0.646. The Bertz CT molecular complexity index is 1060. The highest BCUT2D eigenvalue weighted by molar-refractivity contribution is 8.18. The van der Waals surface area contributed by atoms with Gasteiger partial charge in [0.1, 0.15) is 5.75 Å². The number of ether oxygens (including phenoxy) is 1. The van der Waals surface area contributed by atoms with E-state index in [0.717, 1.165) is 24.3 Å². The molecule has 142 valence electrons. The van der Waals surface area contributed by atoms with Crippen LogP contribution in [0.5, 0.6) is 11.5 Å². The predicted molar refractivity (Wildman–Crippen MR) is 91.7 cm³/mol. The number of nitrogens with zero attached hydrogens (tertiary/aromatic N) is 1. The average Bonchev–Trinajstić information content (AvgIpc) is 2.93. The van der Waals surface area contributed by atoms with E-state index in [1.54, 1.807) is 6.07 Å². The third kappa shape index (κ3) is 4.15.